The lowest BCUT2D eigenvalue weighted by molar-refractivity contribution is -0.385. The van der Waals surface area contributed by atoms with E-state index in [2.05, 4.69) is 36.6 Å². The highest BCUT2D eigenvalue weighted by molar-refractivity contribution is 6.74. The van der Waals surface area contributed by atoms with Crippen LogP contribution in [0.15, 0.2) is 41.2 Å². The van der Waals surface area contributed by atoms with Gasteiger partial charge in [-0.3, -0.25) is 25.0 Å². The van der Waals surface area contributed by atoms with Crippen molar-refractivity contribution in [2.75, 3.05) is 0 Å². The molecule has 0 amide bonds. The van der Waals surface area contributed by atoms with Gasteiger partial charge in [-0.05, 0) is 34.2 Å². The summed E-state index contributed by atoms with van der Waals surface area (Å²) in [5.74, 6) is -1.67. The van der Waals surface area contributed by atoms with Crippen LogP contribution in [0.25, 0.3) is 5.69 Å². The molecule has 1 N–H and O–H groups in total. The third-order valence-electron chi connectivity index (χ3n) is 3.21. The van der Waals surface area contributed by atoms with Crippen molar-refractivity contribution in [1.82, 2.24) is 20.2 Å². The van der Waals surface area contributed by atoms with Crippen molar-refractivity contribution >= 4 is 36.3 Å². The lowest BCUT2D eigenvalue weighted by atomic mass is 10.2. The highest BCUT2D eigenvalue weighted by Crippen LogP contribution is 2.19. The Bertz CT molecular complexity index is 1250. The van der Waals surface area contributed by atoms with Crippen molar-refractivity contribution in [1.29, 1.82) is 0 Å². The number of carbonyl (C=O) groups is 1. The summed E-state index contributed by atoms with van der Waals surface area (Å²) in [4.78, 5) is 40.9. The molecular weight excluding hydrogens is 498 g/mol. The zero-order valence-corrected chi connectivity index (χ0v) is 20.0. The number of nitro groups is 2. The zero-order chi connectivity index (χ0) is 26.2. The van der Waals surface area contributed by atoms with Crippen molar-refractivity contribution in [3.8, 4) is 5.69 Å². The van der Waals surface area contributed by atoms with Gasteiger partial charge in [-0.15, -0.1) is 0 Å². The first kappa shape index (κ1) is 28.2. The molecule has 0 aliphatic carbocycles. The van der Waals surface area contributed by atoms with Gasteiger partial charge in [0.1, 0.15) is 17.3 Å². The van der Waals surface area contributed by atoms with Crippen molar-refractivity contribution in [2.45, 2.75) is 26.2 Å². The molecule has 0 fully saturated rings. The summed E-state index contributed by atoms with van der Waals surface area (Å²) in [5, 5.41) is 28.0. The molecule has 0 bridgehead atoms. The number of hydrogen-bond donors (Lipinski definition) is 1. The van der Waals surface area contributed by atoms with Gasteiger partial charge in [0.25, 0.3) is 16.6 Å². The quantitative estimate of drug-likeness (QED) is 0.234. The average molecular weight is 517 g/mol. The highest BCUT2D eigenvalue weighted by atomic mass is 35.5. The first-order valence-corrected chi connectivity index (χ1v) is 13.6. The van der Waals surface area contributed by atoms with E-state index in [9.17, 15) is 38.6 Å². The lowest BCUT2D eigenvalue weighted by Crippen LogP contribution is -2.17. The number of halogens is 3. The molecule has 2 aromatic carbocycles. The molecule has 16 heteroatoms. The molecular formula is C18H19ClF2N6O6Si. The minimum Gasteiger partial charge on any atom is -0.275 e. The summed E-state index contributed by atoms with van der Waals surface area (Å²) >= 11 is 4.98. The smallest absolute Gasteiger partial charge is 0.275 e. The second kappa shape index (κ2) is 11.8. The van der Waals surface area contributed by atoms with Crippen LogP contribution in [0.3, 0.4) is 0 Å². The highest BCUT2D eigenvalue weighted by Gasteiger charge is 2.15. The predicted molar refractivity (Wildman–Crippen MR) is 121 cm³/mol. The second-order valence-corrected chi connectivity index (χ2v) is 14.3. The molecule has 0 saturated carbocycles. The number of rotatable bonds is 4. The van der Waals surface area contributed by atoms with Crippen LogP contribution >= 0.6 is 11.6 Å². The van der Waals surface area contributed by atoms with Gasteiger partial charge >= 0.3 is 5.69 Å². The van der Waals surface area contributed by atoms with Gasteiger partial charge in [-0.2, -0.15) is 4.68 Å². The fourth-order valence-corrected chi connectivity index (χ4v) is 2.05. The van der Waals surface area contributed by atoms with E-state index in [-0.39, 0.29) is 17.1 Å². The largest absolute Gasteiger partial charge is 0.365 e. The Labute approximate surface area is 196 Å². The van der Waals surface area contributed by atoms with Gasteiger partial charge in [-0.25, -0.2) is 18.7 Å². The molecule has 0 radical (unpaired) electrons. The van der Waals surface area contributed by atoms with E-state index in [0.29, 0.717) is 4.68 Å². The van der Waals surface area contributed by atoms with Crippen molar-refractivity contribution in [3.63, 3.8) is 0 Å². The summed E-state index contributed by atoms with van der Waals surface area (Å²) in [6, 6.07) is 5.36. The third kappa shape index (κ3) is 8.95. The van der Waals surface area contributed by atoms with Gasteiger partial charge in [0.05, 0.1) is 15.4 Å². The number of benzene rings is 2. The van der Waals surface area contributed by atoms with E-state index in [1.165, 1.54) is 0 Å². The standard InChI is InChI=1S/C7H3ClFNO3.C7H4FN5O3.C4H12Si/c8-7(11)5-3-4(10(12)13)1-2-6(5)9;8-5-2-1-4(13(15)16)3-6(5)12-7(14)9-10-11-12;1-5(2,3)4/h1-3H;1-3H,(H,9,11,14);1-4H3. The first-order valence-electron chi connectivity index (χ1n) is 9.20. The Morgan fingerprint density at radius 2 is 1.47 bits per heavy atom. The minimum absolute atomic E-state index is 0.326. The maximum absolute atomic E-state index is 13.3. The number of tetrazole rings is 1. The maximum Gasteiger partial charge on any atom is 0.365 e. The van der Waals surface area contributed by atoms with Crippen LogP contribution in [0.2, 0.25) is 26.2 Å². The van der Waals surface area contributed by atoms with Gasteiger partial charge in [0.2, 0.25) is 0 Å². The van der Waals surface area contributed by atoms with Crippen molar-refractivity contribution in [2.24, 2.45) is 0 Å². The zero-order valence-electron chi connectivity index (χ0n) is 18.3. The van der Waals surface area contributed by atoms with Crippen molar-refractivity contribution < 1.29 is 23.4 Å². The van der Waals surface area contributed by atoms with Crippen LogP contribution in [-0.2, 0) is 0 Å². The number of nitrogens with zero attached hydrogens (tertiary/aromatic N) is 5. The van der Waals surface area contributed by atoms with Gasteiger partial charge in [0, 0.05) is 32.3 Å². The number of carbonyl (C=O) groups excluding carboxylic acids is 1. The summed E-state index contributed by atoms with van der Waals surface area (Å²) in [7, 11) is -0.611. The third-order valence-corrected chi connectivity index (χ3v) is 3.42. The van der Waals surface area contributed by atoms with Crippen molar-refractivity contribution in [3.05, 3.63) is 84.3 Å². The van der Waals surface area contributed by atoms with Crippen LogP contribution in [0.4, 0.5) is 20.2 Å². The molecule has 1 aromatic heterocycles. The second-order valence-electron chi connectivity index (χ2n) is 8.01. The minimum atomic E-state index is -1.05. The van der Waals surface area contributed by atoms with Crippen LogP contribution in [0.1, 0.15) is 10.4 Å². The topological polar surface area (TPSA) is 167 Å². The number of non-ortho nitro benzene ring substituents is 2. The first-order chi connectivity index (χ1) is 15.6. The Kier molecular flexibility index (Phi) is 9.82. The molecule has 3 rings (SSSR count). The molecule has 12 nitrogen and oxygen atoms in total. The normalized spacial score (nSPS) is 10.3. The predicted octanol–water partition coefficient (Wildman–Crippen LogP) is 4.07. The van der Waals surface area contributed by atoms with E-state index in [4.69, 9.17) is 11.6 Å². The van der Waals surface area contributed by atoms with E-state index >= 15 is 0 Å². The van der Waals surface area contributed by atoms with Crippen LogP contribution < -0.4 is 5.69 Å². The Balaban J connectivity index is 0.000000289. The fourth-order valence-electron chi connectivity index (χ4n) is 1.91. The fraction of sp³-hybridized carbons (Fsp3) is 0.222. The molecule has 0 saturated heterocycles. The van der Waals surface area contributed by atoms with E-state index < -0.39 is 46.1 Å². The molecule has 182 valence electrons. The maximum atomic E-state index is 13.3. The number of nitrogens with one attached hydrogen (secondary N) is 1. The molecule has 34 heavy (non-hydrogen) atoms. The molecule has 0 spiro atoms. The van der Waals surface area contributed by atoms with Crippen LogP contribution in [-0.4, -0.2) is 43.4 Å². The molecule has 0 unspecified atom stereocenters. The van der Waals surface area contributed by atoms with Crippen LogP contribution in [0, 0.1) is 31.9 Å². The number of nitro benzene ring substituents is 2. The van der Waals surface area contributed by atoms with Gasteiger partial charge < -0.3 is 0 Å². The number of aromatic nitrogens is 4. The monoisotopic (exact) mass is 516 g/mol. The Hall–Kier alpha value is -3.85. The molecule has 0 aliphatic rings. The number of hydrogen-bond acceptors (Lipinski definition) is 8. The van der Waals surface area contributed by atoms with E-state index in [0.717, 1.165) is 36.4 Å². The summed E-state index contributed by atoms with van der Waals surface area (Å²) in [6.07, 6.45) is 0. The number of aromatic amines is 1. The SMILES string of the molecule is C[Si](C)(C)C.O=C(Cl)c1cc([N+](=O)[O-])ccc1F.O=c1[nH]nnn1-c1cc([N+](=O)[O-])ccc1F. The van der Waals surface area contributed by atoms with E-state index in [1.54, 1.807) is 0 Å². The Morgan fingerprint density at radius 3 is 1.88 bits per heavy atom. The Morgan fingerprint density at radius 1 is 1.00 bits per heavy atom. The van der Waals surface area contributed by atoms with Gasteiger partial charge in [-0.1, -0.05) is 26.2 Å². The summed E-state index contributed by atoms with van der Waals surface area (Å²) in [5.41, 5.74) is -2.31. The number of H-pyrrole nitrogens is 1. The van der Waals surface area contributed by atoms with E-state index in [1.807, 2.05) is 5.10 Å². The van der Waals surface area contributed by atoms with Gasteiger partial charge in [0.15, 0.2) is 0 Å². The lowest BCUT2D eigenvalue weighted by Gasteiger charge is -2.01. The summed E-state index contributed by atoms with van der Waals surface area (Å²) in [6.45, 7) is 9.31. The molecule has 0 aliphatic heterocycles. The molecule has 0 atom stereocenters. The average Bonchev–Trinajstić information content (AvgIpc) is 3.13. The molecule has 1 heterocycles. The molecule has 3 aromatic rings. The summed E-state index contributed by atoms with van der Waals surface area (Å²) < 4.78 is 26.7. The van der Waals surface area contributed by atoms with Crippen LogP contribution in [0.5, 0.6) is 0 Å².